The second-order valence-electron chi connectivity index (χ2n) is 3.89. The molecule has 0 spiro atoms. The second-order valence-corrected chi connectivity index (χ2v) is 3.89. The van der Waals surface area contributed by atoms with Crippen molar-refractivity contribution in [2.45, 2.75) is 38.6 Å². The van der Waals surface area contributed by atoms with Crippen LogP contribution in [0, 0.1) is 5.92 Å². The van der Waals surface area contributed by atoms with E-state index in [1.807, 2.05) is 0 Å². The second kappa shape index (κ2) is 5.22. The molecular weight excluding hydrogens is 164 g/mol. The van der Waals surface area contributed by atoms with Crippen LogP contribution in [-0.4, -0.2) is 25.5 Å². The predicted octanol–water partition coefficient (Wildman–Crippen LogP) is 0.901. The summed E-state index contributed by atoms with van der Waals surface area (Å²) >= 11 is 0. The predicted molar refractivity (Wildman–Crippen MR) is 53.5 cm³/mol. The molecule has 1 rings (SSSR count). The zero-order valence-electron chi connectivity index (χ0n) is 8.60. The fourth-order valence-corrected chi connectivity index (χ4v) is 1.97. The highest BCUT2D eigenvalue weighted by Gasteiger charge is 2.21. The summed E-state index contributed by atoms with van der Waals surface area (Å²) in [5.74, 6) is 0.856. The number of amides is 1. The van der Waals surface area contributed by atoms with E-state index in [1.54, 1.807) is 7.05 Å². The molecule has 1 aliphatic rings. The Morgan fingerprint density at radius 2 is 2.08 bits per heavy atom. The Balaban J connectivity index is 2.16. The first kappa shape index (κ1) is 10.5. The van der Waals surface area contributed by atoms with Gasteiger partial charge in [-0.3, -0.25) is 4.79 Å². The van der Waals surface area contributed by atoms with Crippen LogP contribution in [0.3, 0.4) is 0 Å². The molecule has 0 radical (unpaired) electrons. The summed E-state index contributed by atoms with van der Waals surface area (Å²) in [5.41, 5.74) is 0. The van der Waals surface area contributed by atoms with Gasteiger partial charge in [-0.05, 0) is 25.7 Å². The number of nitrogens with one attached hydrogen (secondary N) is 2. The molecule has 0 aromatic rings. The standard InChI is InChI=1S/C10H20N2O/c1-8(9-5-3-4-6-9)12-7-10(13)11-2/h8-9,12H,3-7H2,1-2H3,(H,11,13)/t8-/m0/s1. The molecule has 3 heteroatoms. The van der Waals surface area contributed by atoms with Gasteiger partial charge in [0.25, 0.3) is 0 Å². The molecule has 0 unspecified atom stereocenters. The van der Waals surface area contributed by atoms with E-state index in [4.69, 9.17) is 0 Å². The van der Waals surface area contributed by atoms with Crippen LogP contribution in [0.25, 0.3) is 0 Å². The molecule has 0 bridgehead atoms. The Labute approximate surface area is 80.3 Å². The van der Waals surface area contributed by atoms with E-state index in [0.717, 1.165) is 5.92 Å². The Hall–Kier alpha value is -0.570. The maximum absolute atomic E-state index is 11.0. The Morgan fingerprint density at radius 1 is 1.46 bits per heavy atom. The van der Waals surface area contributed by atoms with E-state index in [-0.39, 0.29) is 5.91 Å². The highest BCUT2D eigenvalue weighted by atomic mass is 16.1. The van der Waals surface area contributed by atoms with Crippen LogP contribution in [0.2, 0.25) is 0 Å². The van der Waals surface area contributed by atoms with E-state index < -0.39 is 0 Å². The Kier molecular flexibility index (Phi) is 4.22. The number of carbonyl (C=O) groups excluding carboxylic acids is 1. The number of carbonyl (C=O) groups is 1. The molecule has 2 N–H and O–H groups in total. The van der Waals surface area contributed by atoms with E-state index in [2.05, 4.69) is 17.6 Å². The molecule has 0 heterocycles. The zero-order chi connectivity index (χ0) is 9.68. The minimum Gasteiger partial charge on any atom is -0.358 e. The molecule has 0 saturated heterocycles. The molecule has 0 aromatic heterocycles. The highest BCUT2D eigenvalue weighted by molar-refractivity contribution is 5.77. The van der Waals surface area contributed by atoms with E-state index in [0.29, 0.717) is 12.6 Å². The molecule has 1 saturated carbocycles. The van der Waals surface area contributed by atoms with Gasteiger partial charge in [-0.25, -0.2) is 0 Å². The zero-order valence-corrected chi connectivity index (χ0v) is 8.60. The number of hydrogen-bond acceptors (Lipinski definition) is 2. The first-order valence-corrected chi connectivity index (χ1v) is 5.18. The van der Waals surface area contributed by atoms with Crippen molar-refractivity contribution in [2.75, 3.05) is 13.6 Å². The molecule has 13 heavy (non-hydrogen) atoms. The van der Waals surface area contributed by atoms with Crippen molar-refractivity contribution in [3.8, 4) is 0 Å². The third-order valence-electron chi connectivity index (χ3n) is 2.97. The number of likely N-dealkylation sites (N-methyl/N-ethyl adjacent to an activating group) is 1. The fourth-order valence-electron chi connectivity index (χ4n) is 1.97. The van der Waals surface area contributed by atoms with Gasteiger partial charge in [-0.2, -0.15) is 0 Å². The summed E-state index contributed by atoms with van der Waals surface area (Å²) < 4.78 is 0. The lowest BCUT2D eigenvalue weighted by Gasteiger charge is -2.19. The summed E-state index contributed by atoms with van der Waals surface area (Å²) in [6.45, 7) is 2.63. The Bertz CT molecular complexity index is 164. The van der Waals surface area contributed by atoms with Crippen molar-refractivity contribution in [3.05, 3.63) is 0 Å². The smallest absolute Gasteiger partial charge is 0.233 e. The van der Waals surface area contributed by atoms with Gasteiger partial charge >= 0.3 is 0 Å². The molecule has 1 aliphatic carbocycles. The van der Waals surface area contributed by atoms with Crippen LogP contribution < -0.4 is 10.6 Å². The molecule has 1 atom stereocenters. The first-order valence-electron chi connectivity index (χ1n) is 5.18. The lowest BCUT2D eigenvalue weighted by Crippen LogP contribution is -2.39. The summed E-state index contributed by atoms with van der Waals surface area (Å²) in [5, 5.41) is 5.87. The summed E-state index contributed by atoms with van der Waals surface area (Å²) in [4.78, 5) is 11.0. The summed E-state index contributed by atoms with van der Waals surface area (Å²) in [6.07, 6.45) is 5.36. The van der Waals surface area contributed by atoms with Gasteiger partial charge in [0.15, 0.2) is 0 Å². The van der Waals surface area contributed by atoms with Crippen molar-refractivity contribution in [1.82, 2.24) is 10.6 Å². The number of rotatable bonds is 4. The third kappa shape index (κ3) is 3.35. The van der Waals surface area contributed by atoms with Gasteiger partial charge in [0.05, 0.1) is 6.54 Å². The van der Waals surface area contributed by atoms with Crippen LogP contribution in [0.4, 0.5) is 0 Å². The van der Waals surface area contributed by atoms with Gasteiger partial charge in [-0.1, -0.05) is 12.8 Å². The lowest BCUT2D eigenvalue weighted by molar-refractivity contribution is -0.119. The maximum atomic E-state index is 11.0. The van der Waals surface area contributed by atoms with E-state index in [1.165, 1.54) is 25.7 Å². The lowest BCUT2D eigenvalue weighted by atomic mass is 10.00. The quantitative estimate of drug-likeness (QED) is 0.681. The summed E-state index contributed by atoms with van der Waals surface area (Å²) in [7, 11) is 1.67. The van der Waals surface area contributed by atoms with Gasteiger partial charge in [0.2, 0.25) is 5.91 Å². The molecule has 1 fully saturated rings. The van der Waals surface area contributed by atoms with Crippen molar-refractivity contribution in [2.24, 2.45) is 5.92 Å². The van der Waals surface area contributed by atoms with Crippen LogP contribution in [0.5, 0.6) is 0 Å². The largest absolute Gasteiger partial charge is 0.358 e. The molecular formula is C10H20N2O. The highest BCUT2D eigenvalue weighted by Crippen LogP contribution is 2.27. The average Bonchev–Trinajstić information content (AvgIpc) is 2.66. The van der Waals surface area contributed by atoms with Crippen LogP contribution in [-0.2, 0) is 4.79 Å². The van der Waals surface area contributed by atoms with Gasteiger partial charge in [0.1, 0.15) is 0 Å². The fraction of sp³-hybridized carbons (Fsp3) is 0.900. The first-order chi connectivity index (χ1) is 6.24. The normalized spacial score (nSPS) is 20.2. The molecule has 0 aliphatic heterocycles. The Morgan fingerprint density at radius 3 is 2.62 bits per heavy atom. The monoisotopic (exact) mass is 184 g/mol. The van der Waals surface area contributed by atoms with Crippen molar-refractivity contribution in [3.63, 3.8) is 0 Å². The third-order valence-corrected chi connectivity index (χ3v) is 2.97. The molecule has 1 amide bonds. The van der Waals surface area contributed by atoms with Crippen molar-refractivity contribution >= 4 is 5.91 Å². The molecule has 3 nitrogen and oxygen atoms in total. The van der Waals surface area contributed by atoms with Crippen molar-refractivity contribution < 1.29 is 4.79 Å². The van der Waals surface area contributed by atoms with E-state index >= 15 is 0 Å². The minimum atomic E-state index is 0.0739. The maximum Gasteiger partial charge on any atom is 0.233 e. The molecule has 76 valence electrons. The SMILES string of the molecule is CNC(=O)CN[C@@H](C)C1CCCC1. The van der Waals surface area contributed by atoms with E-state index in [9.17, 15) is 4.79 Å². The summed E-state index contributed by atoms with van der Waals surface area (Å²) in [6, 6.07) is 0.486. The number of hydrogen-bond donors (Lipinski definition) is 2. The molecule has 0 aromatic carbocycles. The van der Waals surface area contributed by atoms with Gasteiger partial charge < -0.3 is 10.6 Å². The van der Waals surface area contributed by atoms with Crippen LogP contribution in [0.15, 0.2) is 0 Å². The van der Waals surface area contributed by atoms with Crippen LogP contribution >= 0.6 is 0 Å². The minimum absolute atomic E-state index is 0.0739. The van der Waals surface area contributed by atoms with Gasteiger partial charge in [-0.15, -0.1) is 0 Å². The average molecular weight is 184 g/mol. The van der Waals surface area contributed by atoms with Gasteiger partial charge in [0, 0.05) is 13.1 Å². The van der Waals surface area contributed by atoms with Crippen LogP contribution in [0.1, 0.15) is 32.6 Å². The topological polar surface area (TPSA) is 41.1 Å². The van der Waals surface area contributed by atoms with Crippen molar-refractivity contribution in [1.29, 1.82) is 0 Å².